The van der Waals surface area contributed by atoms with E-state index in [1.54, 1.807) is 22.7 Å². The summed E-state index contributed by atoms with van der Waals surface area (Å²) in [4.78, 5) is 2.40. The molecule has 0 aromatic carbocycles. The molecule has 0 spiro atoms. The predicted octanol–water partition coefficient (Wildman–Crippen LogP) is 3.89. The Morgan fingerprint density at radius 3 is 2.53 bits per heavy atom. The molecule has 80 valence electrons. The van der Waals surface area contributed by atoms with Gasteiger partial charge in [0.25, 0.3) is 0 Å². The van der Waals surface area contributed by atoms with Crippen LogP contribution in [0.15, 0.2) is 31.8 Å². The van der Waals surface area contributed by atoms with E-state index in [0.29, 0.717) is 0 Å². The maximum atomic E-state index is 5.60. The number of halogens is 2. The van der Waals surface area contributed by atoms with Crippen molar-refractivity contribution in [3.05, 3.63) is 41.6 Å². The third-order valence-corrected chi connectivity index (χ3v) is 5.58. The lowest BCUT2D eigenvalue weighted by molar-refractivity contribution is 0.654. The van der Waals surface area contributed by atoms with Gasteiger partial charge in [0.15, 0.2) is 0 Å². The average Bonchev–Trinajstić information content (AvgIpc) is 2.79. The third-order valence-electron chi connectivity index (χ3n) is 1.95. The largest absolute Gasteiger partial charge is 0.271 e. The number of thiophene rings is 2. The monoisotopic (exact) mass is 366 g/mol. The van der Waals surface area contributed by atoms with Gasteiger partial charge in [0.05, 0.1) is 9.83 Å². The Kier molecular flexibility index (Phi) is 3.98. The molecule has 0 radical (unpaired) electrons. The van der Waals surface area contributed by atoms with Gasteiger partial charge in [-0.15, -0.1) is 22.7 Å². The van der Waals surface area contributed by atoms with Gasteiger partial charge >= 0.3 is 0 Å². The Labute approximate surface area is 113 Å². The van der Waals surface area contributed by atoms with E-state index < -0.39 is 0 Å². The summed E-state index contributed by atoms with van der Waals surface area (Å²) in [6.07, 6.45) is 0. The maximum absolute atomic E-state index is 5.60. The van der Waals surface area contributed by atoms with E-state index in [2.05, 4.69) is 43.4 Å². The summed E-state index contributed by atoms with van der Waals surface area (Å²) in [5.74, 6) is 5.60. The minimum Gasteiger partial charge on any atom is -0.271 e. The SMILES string of the molecule is NNC(c1ccc(Br)s1)c1sccc1Br. The molecular weight excluding hydrogens is 360 g/mol. The van der Waals surface area contributed by atoms with E-state index >= 15 is 0 Å². The van der Waals surface area contributed by atoms with Crippen molar-refractivity contribution in [2.45, 2.75) is 6.04 Å². The summed E-state index contributed by atoms with van der Waals surface area (Å²) >= 11 is 10.3. The molecule has 0 amide bonds. The van der Waals surface area contributed by atoms with Crippen LogP contribution in [0.25, 0.3) is 0 Å². The molecule has 0 aliphatic carbocycles. The highest BCUT2D eigenvalue weighted by molar-refractivity contribution is 9.11. The van der Waals surface area contributed by atoms with Crippen LogP contribution in [0.3, 0.4) is 0 Å². The zero-order valence-corrected chi connectivity index (χ0v) is 12.3. The number of nitrogens with one attached hydrogen (secondary N) is 1. The lowest BCUT2D eigenvalue weighted by Crippen LogP contribution is -2.27. The van der Waals surface area contributed by atoms with Crippen molar-refractivity contribution in [2.24, 2.45) is 5.84 Å². The van der Waals surface area contributed by atoms with Gasteiger partial charge in [0.1, 0.15) is 0 Å². The van der Waals surface area contributed by atoms with Crippen molar-refractivity contribution >= 4 is 54.5 Å². The molecule has 2 heterocycles. The summed E-state index contributed by atoms with van der Waals surface area (Å²) in [6.45, 7) is 0. The first-order valence-corrected chi connectivity index (χ1v) is 7.45. The lowest BCUT2D eigenvalue weighted by Gasteiger charge is -2.12. The van der Waals surface area contributed by atoms with E-state index in [4.69, 9.17) is 5.84 Å². The van der Waals surface area contributed by atoms with Gasteiger partial charge in [0, 0.05) is 14.2 Å². The number of hydrogen-bond acceptors (Lipinski definition) is 4. The maximum Gasteiger partial charge on any atom is 0.0906 e. The van der Waals surface area contributed by atoms with E-state index in [-0.39, 0.29) is 6.04 Å². The van der Waals surface area contributed by atoms with E-state index in [0.717, 1.165) is 8.26 Å². The van der Waals surface area contributed by atoms with E-state index in [1.807, 2.05) is 17.5 Å². The molecule has 1 unspecified atom stereocenters. The van der Waals surface area contributed by atoms with Crippen LogP contribution >= 0.6 is 54.5 Å². The lowest BCUT2D eigenvalue weighted by atomic mass is 10.2. The molecule has 0 saturated carbocycles. The summed E-state index contributed by atoms with van der Waals surface area (Å²) in [6, 6.07) is 6.21. The summed E-state index contributed by atoms with van der Waals surface area (Å²) in [5, 5.41) is 2.05. The zero-order chi connectivity index (χ0) is 10.8. The number of nitrogens with two attached hydrogens (primary N) is 1. The molecule has 2 aromatic heterocycles. The first kappa shape index (κ1) is 11.8. The summed E-state index contributed by atoms with van der Waals surface area (Å²) in [7, 11) is 0. The van der Waals surface area contributed by atoms with Crippen molar-refractivity contribution in [1.29, 1.82) is 0 Å². The van der Waals surface area contributed by atoms with Crippen LogP contribution in [0, 0.1) is 0 Å². The molecule has 2 rings (SSSR count). The van der Waals surface area contributed by atoms with Crippen LogP contribution in [0.1, 0.15) is 15.8 Å². The van der Waals surface area contributed by atoms with Gasteiger partial charge in [-0.3, -0.25) is 5.84 Å². The van der Waals surface area contributed by atoms with Gasteiger partial charge in [-0.25, -0.2) is 5.43 Å². The van der Waals surface area contributed by atoms with Crippen LogP contribution in [0.2, 0.25) is 0 Å². The standard InChI is InChI=1S/C9H8Br2N2S2/c10-5-3-4-14-9(5)8(13-12)6-1-2-7(11)15-6/h1-4,8,13H,12H2. The second-order valence-corrected chi connectivity index (χ2v) is 7.17. The van der Waals surface area contributed by atoms with Crippen molar-refractivity contribution < 1.29 is 0 Å². The van der Waals surface area contributed by atoms with Crippen LogP contribution in [0.4, 0.5) is 0 Å². The van der Waals surface area contributed by atoms with Crippen LogP contribution < -0.4 is 11.3 Å². The molecule has 0 bridgehead atoms. The fourth-order valence-corrected chi connectivity index (χ4v) is 4.53. The molecule has 3 N–H and O–H groups in total. The molecule has 0 saturated heterocycles. The fourth-order valence-electron chi connectivity index (χ4n) is 1.28. The Morgan fingerprint density at radius 1 is 1.27 bits per heavy atom. The summed E-state index contributed by atoms with van der Waals surface area (Å²) < 4.78 is 2.21. The predicted molar refractivity (Wildman–Crippen MR) is 73.2 cm³/mol. The second-order valence-electron chi connectivity index (χ2n) is 2.87. The number of hydrogen-bond donors (Lipinski definition) is 2. The number of hydrazine groups is 1. The average molecular weight is 368 g/mol. The van der Waals surface area contributed by atoms with Gasteiger partial charge in [-0.1, -0.05) is 0 Å². The molecule has 0 aliphatic heterocycles. The van der Waals surface area contributed by atoms with Crippen LogP contribution in [0.5, 0.6) is 0 Å². The quantitative estimate of drug-likeness (QED) is 0.638. The van der Waals surface area contributed by atoms with Crippen LogP contribution in [-0.2, 0) is 0 Å². The van der Waals surface area contributed by atoms with Crippen molar-refractivity contribution in [1.82, 2.24) is 5.43 Å². The normalized spacial score (nSPS) is 13.0. The van der Waals surface area contributed by atoms with E-state index in [1.165, 1.54) is 9.75 Å². The summed E-state index contributed by atoms with van der Waals surface area (Å²) in [5.41, 5.74) is 2.84. The third kappa shape index (κ3) is 2.51. The smallest absolute Gasteiger partial charge is 0.0906 e. The molecule has 0 aliphatic rings. The highest BCUT2D eigenvalue weighted by atomic mass is 79.9. The zero-order valence-electron chi connectivity index (χ0n) is 7.54. The Hall–Kier alpha value is 0.280. The molecule has 6 heteroatoms. The first-order valence-electron chi connectivity index (χ1n) is 4.16. The Balaban J connectivity index is 2.36. The molecule has 15 heavy (non-hydrogen) atoms. The Bertz CT molecular complexity index is 452. The van der Waals surface area contributed by atoms with Crippen LogP contribution in [-0.4, -0.2) is 0 Å². The first-order chi connectivity index (χ1) is 7.22. The molecule has 1 atom stereocenters. The van der Waals surface area contributed by atoms with Gasteiger partial charge in [0.2, 0.25) is 0 Å². The van der Waals surface area contributed by atoms with Crippen molar-refractivity contribution in [2.75, 3.05) is 0 Å². The topological polar surface area (TPSA) is 38.0 Å². The highest BCUT2D eigenvalue weighted by Gasteiger charge is 2.18. The minimum atomic E-state index is 0.0654. The molecular formula is C9H8Br2N2S2. The number of rotatable bonds is 3. The van der Waals surface area contributed by atoms with Crippen molar-refractivity contribution in [3.63, 3.8) is 0 Å². The highest BCUT2D eigenvalue weighted by Crippen LogP contribution is 2.36. The fraction of sp³-hybridized carbons (Fsp3) is 0.111. The van der Waals surface area contributed by atoms with Gasteiger partial charge in [-0.05, 0) is 55.4 Å². The molecule has 2 aromatic rings. The molecule has 2 nitrogen and oxygen atoms in total. The van der Waals surface area contributed by atoms with Gasteiger partial charge < -0.3 is 0 Å². The second kappa shape index (κ2) is 5.07. The van der Waals surface area contributed by atoms with Crippen molar-refractivity contribution in [3.8, 4) is 0 Å². The Morgan fingerprint density at radius 2 is 2.07 bits per heavy atom. The molecule has 0 fully saturated rings. The minimum absolute atomic E-state index is 0.0654. The van der Waals surface area contributed by atoms with E-state index in [9.17, 15) is 0 Å². The van der Waals surface area contributed by atoms with Gasteiger partial charge in [-0.2, -0.15) is 0 Å².